The highest BCUT2D eigenvalue weighted by Crippen LogP contribution is 2.44. The molecule has 0 fully saturated rings. The van der Waals surface area contributed by atoms with Crippen LogP contribution in [0.5, 0.6) is 0 Å². The molecule has 0 atom stereocenters. The summed E-state index contributed by atoms with van der Waals surface area (Å²) in [5.41, 5.74) is 6.50. The molecule has 4 aromatic heterocycles. The zero-order chi connectivity index (χ0) is 31.6. The molecule has 0 amide bonds. The third-order valence-corrected chi connectivity index (χ3v) is 10.1. The first-order valence-electron chi connectivity index (χ1n) is 15.8. The Balaban J connectivity index is 1.32. The van der Waals surface area contributed by atoms with Crippen LogP contribution in [0.1, 0.15) is 0 Å². The third-order valence-electron chi connectivity index (χ3n) is 8.98. The Hall–Kier alpha value is -6.24. The monoisotopic (exact) mass is 632 g/mol. The summed E-state index contributed by atoms with van der Waals surface area (Å²) in [5.74, 6) is 1.83. The van der Waals surface area contributed by atoms with E-state index in [-0.39, 0.29) is 0 Å². The minimum Gasteiger partial charge on any atom is -0.456 e. The summed E-state index contributed by atoms with van der Waals surface area (Å²) in [7, 11) is 0. The van der Waals surface area contributed by atoms with Gasteiger partial charge in [-0.25, -0.2) is 15.0 Å². The van der Waals surface area contributed by atoms with Crippen LogP contribution >= 0.6 is 11.3 Å². The molecule has 10 aromatic rings. The molecule has 0 aliphatic heterocycles. The number of hydrogen-bond acceptors (Lipinski definition) is 6. The van der Waals surface area contributed by atoms with Crippen LogP contribution in [0.3, 0.4) is 0 Å². The van der Waals surface area contributed by atoms with Crippen LogP contribution in [0.2, 0.25) is 0 Å². The smallest absolute Gasteiger partial charge is 0.164 e. The topological polar surface area (TPSA) is 64.7 Å². The average molecular weight is 633 g/mol. The Bertz CT molecular complexity index is 2780. The summed E-state index contributed by atoms with van der Waals surface area (Å²) in [6.45, 7) is 0. The summed E-state index contributed by atoms with van der Waals surface area (Å²) in [4.78, 5) is 19.6. The summed E-state index contributed by atoms with van der Waals surface area (Å²) >= 11 is 1.82. The van der Waals surface area contributed by atoms with E-state index in [9.17, 15) is 0 Å². The lowest BCUT2D eigenvalue weighted by Gasteiger charge is -2.12. The largest absolute Gasteiger partial charge is 0.456 e. The second-order valence-electron chi connectivity index (χ2n) is 11.9. The molecule has 0 N–H and O–H groups in total. The van der Waals surface area contributed by atoms with Gasteiger partial charge in [0.15, 0.2) is 17.5 Å². The second-order valence-corrected chi connectivity index (χ2v) is 13.0. The number of nitrogens with zero attached hydrogens (tertiary/aromatic N) is 4. The van der Waals surface area contributed by atoms with Crippen molar-refractivity contribution >= 4 is 64.2 Å². The molecule has 0 radical (unpaired) electrons. The molecule has 0 unspecified atom stereocenters. The quantitative estimate of drug-likeness (QED) is 0.193. The second kappa shape index (κ2) is 10.7. The molecule has 10 rings (SSSR count). The maximum atomic E-state index is 6.70. The molecule has 0 aliphatic carbocycles. The molecular weight excluding hydrogens is 609 g/mol. The number of benzene rings is 6. The number of pyridine rings is 1. The number of fused-ring (bicyclic) bond motifs is 7. The molecule has 0 saturated heterocycles. The fourth-order valence-corrected chi connectivity index (χ4v) is 7.90. The highest BCUT2D eigenvalue weighted by Gasteiger charge is 2.21. The van der Waals surface area contributed by atoms with E-state index in [0.717, 1.165) is 60.5 Å². The van der Waals surface area contributed by atoms with E-state index in [1.807, 2.05) is 90.5 Å². The maximum absolute atomic E-state index is 6.70. The van der Waals surface area contributed by atoms with E-state index in [1.54, 1.807) is 0 Å². The van der Waals surface area contributed by atoms with Crippen molar-refractivity contribution in [1.29, 1.82) is 0 Å². The van der Waals surface area contributed by atoms with Crippen LogP contribution in [-0.2, 0) is 0 Å². The van der Waals surface area contributed by atoms with Crippen molar-refractivity contribution in [2.24, 2.45) is 0 Å². The zero-order valence-electron chi connectivity index (χ0n) is 25.5. The van der Waals surface area contributed by atoms with Gasteiger partial charge in [0, 0.05) is 65.4 Å². The first-order valence-corrected chi connectivity index (χ1v) is 16.6. The van der Waals surface area contributed by atoms with Gasteiger partial charge in [0.1, 0.15) is 11.2 Å². The highest BCUT2D eigenvalue weighted by atomic mass is 32.1. The Morgan fingerprint density at radius 2 is 1.17 bits per heavy atom. The van der Waals surface area contributed by atoms with E-state index in [4.69, 9.17) is 19.4 Å². The van der Waals surface area contributed by atoms with Crippen molar-refractivity contribution in [1.82, 2.24) is 19.9 Å². The van der Waals surface area contributed by atoms with Gasteiger partial charge in [-0.1, -0.05) is 91.0 Å². The van der Waals surface area contributed by atoms with Crippen LogP contribution < -0.4 is 0 Å². The van der Waals surface area contributed by atoms with Crippen molar-refractivity contribution in [3.05, 3.63) is 146 Å². The van der Waals surface area contributed by atoms with Crippen molar-refractivity contribution < 1.29 is 4.42 Å². The van der Waals surface area contributed by atoms with Gasteiger partial charge in [-0.05, 0) is 59.0 Å². The molecule has 224 valence electrons. The predicted molar refractivity (Wildman–Crippen MR) is 197 cm³/mol. The van der Waals surface area contributed by atoms with Gasteiger partial charge < -0.3 is 4.42 Å². The number of thiophene rings is 1. The fourth-order valence-electron chi connectivity index (χ4n) is 6.76. The lowest BCUT2D eigenvalue weighted by molar-refractivity contribution is 0.669. The van der Waals surface area contributed by atoms with Gasteiger partial charge in [-0.2, -0.15) is 0 Å². The Labute approximate surface area is 278 Å². The Morgan fingerprint density at radius 3 is 1.96 bits per heavy atom. The maximum Gasteiger partial charge on any atom is 0.164 e. The van der Waals surface area contributed by atoms with Gasteiger partial charge in [-0.3, -0.25) is 4.98 Å². The molecule has 0 aliphatic rings. The Kier molecular flexibility index (Phi) is 5.98. The normalized spacial score (nSPS) is 11.8. The van der Waals surface area contributed by atoms with Crippen LogP contribution in [0.4, 0.5) is 0 Å². The molecule has 48 heavy (non-hydrogen) atoms. The summed E-state index contributed by atoms with van der Waals surface area (Å²) in [5, 5.41) is 6.58. The molecule has 0 saturated carbocycles. The molecule has 6 aromatic carbocycles. The van der Waals surface area contributed by atoms with Gasteiger partial charge in [0.05, 0.1) is 0 Å². The Morgan fingerprint density at radius 1 is 0.458 bits per heavy atom. The zero-order valence-corrected chi connectivity index (χ0v) is 26.3. The molecular formula is C42H24N4OS. The van der Waals surface area contributed by atoms with E-state index >= 15 is 0 Å². The minimum absolute atomic E-state index is 0.592. The molecule has 6 heteroatoms. The van der Waals surface area contributed by atoms with E-state index in [0.29, 0.717) is 17.5 Å². The third kappa shape index (κ3) is 4.31. The van der Waals surface area contributed by atoms with E-state index in [1.165, 1.54) is 20.2 Å². The molecule has 5 nitrogen and oxygen atoms in total. The molecule has 0 bridgehead atoms. The number of furan rings is 1. The van der Waals surface area contributed by atoms with Gasteiger partial charge in [-0.15, -0.1) is 11.3 Å². The number of rotatable bonds is 4. The highest BCUT2D eigenvalue weighted by molar-refractivity contribution is 7.25. The lowest BCUT2D eigenvalue weighted by Crippen LogP contribution is -2.00. The van der Waals surface area contributed by atoms with E-state index in [2.05, 4.69) is 71.7 Å². The fraction of sp³-hybridized carbons (Fsp3) is 0. The van der Waals surface area contributed by atoms with Crippen molar-refractivity contribution in [2.45, 2.75) is 0 Å². The van der Waals surface area contributed by atoms with Crippen LogP contribution in [0.25, 0.3) is 98.2 Å². The van der Waals surface area contributed by atoms with Crippen LogP contribution in [0, 0.1) is 0 Å². The summed E-state index contributed by atoms with van der Waals surface area (Å²) < 4.78 is 9.21. The number of aromatic nitrogens is 4. The van der Waals surface area contributed by atoms with Gasteiger partial charge >= 0.3 is 0 Å². The first-order chi connectivity index (χ1) is 23.8. The lowest BCUT2D eigenvalue weighted by atomic mass is 9.95. The van der Waals surface area contributed by atoms with Gasteiger partial charge in [0.2, 0.25) is 0 Å². The predicted octanol–water partition coefficient (Wildman–Crippen LogP) is 11.4. The van der Waals surface area contributed by atoms with Crippen LogP contribution in [-0.4, -0.2) is 19.9 Å². The van der Waals surface area contributed by atoms with Crippen molar-refractivity contribution in [3.63, 3.8) is 0 Å². The summed E-state index contributed by atoms with van der Waals surface area (Å²) in [6, 6.07) is 46.0. The first kappa shape index (κ1) is 26.9. The molecule has 4 heterocycles. The summed E-state index contributed by atoms with van der Waals surface area (Å²) in [6.07, 6.45) is 3.70. The minimum atomic E-state index is 0.592. The standard InChI is InChI=1S/C42H24N4OS/c1-3-10-25(11-4-1)40-44-41(26-12-5-2-6-13-26)46-42(45-40)33-21-28(30-15-9-17-37-39(30)31-14-7-8-16-36(31)48-37)22-35-38(33)32-20-27-18-19-43-24-29(27)23-34(32)47-35/h1-24H. The van der Waals surface area contributed by atoms with Gasteiger partial charge in [0.25, 0.3) is 0 Å². The van der Waals surface area contributed by atoms with Crippen molar-refractivity contribution in [3.8, 4) is 45.3 Å². The van der Waals surface area contributed by atoms with E-state index < -0.39 is 0 Å². The SMILES string of the molecule is c1ccc(-c2nc(-c3ccccc3)nc(-c3cc(-c4cccc5sc6ccccc6c45)cc4oc5cc6cnccc6cc5c34)n2)cc1. The van der Waals surface area contributed by atoms with Crippen molar-refractivity contribution in [2.75, 3.05) is 0 Å². The molecule has 0 spiro atoms. The average Bonchev–Trinajstić information content (AvgIpc) is 3.72. The number of hydrogen-bond donors (Lipinski definition) is 0. The van der Waals surface area contributed by atoms with Crippen LogP contribution in [0.15, 0.2) is 150 Å².